The maximum absolute atomic E-state index is 12.7. The molecule has 1 aromatic heterocycles. The van der Waals surface area contributed by atoms with Crippen LogP contribution in [-0.4, -0.2) is 36.6 Å². The molecule has 0 spiro atoms. The highest BCUT2D eigenvalue weighted by atomic mass is 16.5. The van der Waals surface area contributed by atoms with E-state index in [-0.39, 0.29) is 5.91 Å². The number of esters is 1. The molecule has 0 aliphatic carbocycles. The van der Waals surface area contributed by atoms with Crippen LogP contribution in [0, 0.1) is 13.8 Å². The molecule has 0 unspecified atom stereocenters. The number of amides is 1. The molecule has 0 bridgehead atoms. The number of piperidine rings is 1. The maximum atomic E-state index is 12.7. The van der Waals surface area contributed by atoms with Gasteiger partial charge < -0.3 is 19.9 Å². The third-order valence-corrected chi connectivity index (χ3v) is 4.99. The minimum absolute atomic E-state index is 0.267. The molecule has 1 amide bonds. The largest absolute Gasteiger partial charge is 0.462 e. The number of nitrogens with one attached hydrogen (secondary N) is 2. The van der Waals surface area contributed by atoms with E-state index in [0.29, 0.717) is 29.1 Å². The average molecular weight is 369 g/mol. The van der Waals surface area contributed by atoms with Crippen LogP contribution in [0.5, 0.6) is 0 Å². The lowest BCUT2D eigenvalue weighted by Gasteiger charge is -2.28. The van der Waals surface area contributed by atoms with Crippen molar-refractivity contribution in [2.24, 2.45) is 0 Å². The molecule has 2 N–H and O–H groups in total. The van der Waals surface area contributed by atoms with Gasteiger partial charge >= 0.3 is 5.97 Å². The topological polar surface area (TPSA) is 74.4 Å². The summed E-state index contributed by atoms with van der Waals surface area (Å²) in [5, 5.41) is 2.90. The van der Waals surface area contributed by atoms with E-state index in [0.717, 1.165) is 18.8 Å². The second-order valence-electron chi connectivity index (χ2n) is 6.89. The van der Waals surface area contributed by atoms with Crippen LogP contribution < -0.4 is 10.2 Å². The first-order valence-electron chi connectivity index (χ1n) is 9.54. The fourth-order valence-electron chi connectivity index (χ4n) is 3.59. The summed E-state index contributed by atoms with van der Waals surface area (Å²) in [7, 11) is 0. The molecule has 1 aliphatic heterocycles. The van der Waals surface area contributed by atoms with E-state index in [2.05, 4.69) is 15.2 Å². The van der Waals surface area contributed by atoms with Gasteiger partial charge in [-0.3, -0.25) is 4.79 Å². The van der Waals surface area contributed by atoms with Crippen LogP contribution in [-0.2, 0) is 4.74 Å². The van der Waals surface area contributed by atoms with Crippen LogP contribution in [0.15, 0.2) is 24.3 Å². The van der Waals surface area contributed by atoms with Gasteiger partial charge in [-0.2, -0.15) is 0 Å². The Hall–Kier alpha value is -2.76. The number of benzene rings is 1. The number of ether oxygens (including phenoxy) is 1. The molecule has 27 heavy (non-hydrogen) atoms. The van der Waals surface area contributed by atoms with Gasteiger partial charge in [-0.15, -0.1) is 0 Å². The van der Waals surface area contributed by atoms with Crippen molar-refractivity contribution in [1.82, 2.24) is 4.98 Å². The molecule has 1 saturated heterocycles. The molecule has 1 aliphatic rings. The lowest BCUT2D eigenvalue weighted by Crippen LogP contribution is -2.29. The number of H-pyrrole nitrogens is 1. The summed E-state index contributed by atoms with van der Waals surface area (Å²) in [5.41, 5.74) is 3.97. The molecule has 0 atom stereocenters. The Balaban J connectivity index is 1.72. The smallest absolute Gasteiger partial charge is 0.340 e. The number of carbonyl (C=O) groups is 2. The molecule has 2 heterocycles. The van der Waals surface area contributed by atoms with Crippen LogP contribution in [0.25, 0.3) is 0 Å². The molecular weight excluding hydrogens is 342 g/mol. The van der Waals surface area contributed by atoms with Gasteiger partial charge in [0.2, 0.25) is 0 Å². The summed E-state index contributed by atoms with van der Waals surface area (Å²) in [6.07, 6.45) is 3.76. The molecule has 0 radical (unpaired) electrons. The van der Waals surface area contributed by atoms with Crippen LogP contribution in [0.2, 0.25) is 0 Å². The molecule has 1 fully saturated rings. The SMILES string of the molecule is CCOC(=O)c1c(C)[nH]c(C(=O)Nc2ccc(N3CCCCC3)cc2)c1C. The maximum Gasteiger partial charge on any atom is 0.340 e. The molecular formula is C21H27N3O3. The average Bonchev–Trinajstić information content (AvgIpc) is 2.97. The quantitative estimate of drug-likeness (QED) is 0.780. The van der Waals surface area contributed by atoms with Gasteiger partial charge in [-0.1, -0.05) is 0 Å². The molecule has 3 rings (SSSR count). The number of anilines is 2. The van der Waals surface area contributed by atoms with Gasteiger partial charge in [0.05, 0.1) is 12.2 Å². The number of hydrogen-bond donors (Lipinski definition) is 2. The second kappa shape index (κ2) is 8.29. The number of aromatic amines is 1. The van der Waals surface area contributed by atoms with Crippen molar-refractivity contribution in [3.05, 3.63) is 46.8 Å². The van der Waals surface area contributed by atoms with E-state index in [9.17, 15) is 9.59 Å². The minimum Gasteiger partial charge on any atom is -0.462 e. The third kappa shape index (κ3) is 4.15. The van der Waals surface area contributed by atoms with E-state index in [1.807, 2.05) is 24.3 Å². The Labute approximate surface area is 159 Å². The number of aromatic nitrogens is 1. The molecule has 1 aromatic carbocycles. The summed E-state index contributed by atoms with van der Waals surface area (Å²) in [6, 6.07) is 7.91. The van der Waals surface area contributed by atoms with Crippen molar-refractivity contribution in [1.29, 1.82) is 0 Å². The van der Waals surface area contributed by atoms with Crippen LogP contribution in [0.4, 0.5) is 11.4 Å². The third-order valence-electron chi connectivity index (χ3n) is 4.99. The monoisotopic (exact) mass is 369 g/mol. The van der Waals surface area contributed by atoms with Gasteiger partial charge in [0.1, 0.15) is 5.69 Å². The van der Waals surface area contributed by atoms with Crippen molar-refractivity contribution in [2.75, 3.05) is 29.9 Å². The number of hydrogen-bond acceptors (Lipinski definition) is 4. The second-order valence-corrected chi connectivity index (χ2v) is 6.89. The summed E-state index contributed by atoms with van der Waals surface area (Å²) in [4.78, 5) is 30.1. The van der Waals surface area contributed by atoms with Crippen LogP contribution in [0.1, 0.15) is 58.3 Å². The van der Waals surface area contributed by atoms with Gasteiger partial charge in [0.25, 0.3) is 5.91 Å². The number of carbonyl (C=O) groups excluding carboxylic acids is 2. The van der Waals surface area contributed by atoms with Crippen molar-refractivity contribution in [2.45, 2.75) is 40.0 Å². The first-order valence-corrected chi connectivity index (χ1v) is 9.54. The zero-order valence-corrected chi connectivity index (χ0v) is 16.2. The number of rotatable bonds is 5. The number of aryl methyl sites for hydroxylation is 1. The molecule has 6 heteroatoms. The van der Waals surface area contributed by atoms with Gasteiger partial charge in [0.15, 0.2) is 0 Å². The van der Waals surface area contributed by atoms with E-state index >= 15 is 0 Å². The predicted octanol–water partition coefficient (Wildman–Crippen LogP) is 4.05. The van der Waals surface area contributed by atoms with E-state index in [4.69, 9.17) is 4.74 Å². The Morgan fingerprint density at radius 3 is 2.41 bits per heavy atom. The summed E-state index contributed by atoms with van der Waals surface area (Å²) in [6.45, 7) is 7.75. The Morgan fingerprint density at radius 1 is 1.11 bits per heavy atom. The fraction of sp³-hybridized carbons (Fsp3) is 0.429. The minimum atomic E-state index is -0.409. The van der Waals surface area contributed by atoms with E-state index in [1.165, 1.54) is 24.9 Å². The Bertz CT molecular complexity index is 818. The van der Waals surface area contributed by atoms with Crippen LogP contribution in [0.3, 0.4) is 0 Å². The number of nitrogens with zero attached hydrogens (tertiary/aromatic N) is 1. The zero-order chi connectivity index (χ0) is 19.4. The van der Waals surface area contributed by atoms with Crippen molar-refractivity contribution in [3.8, 4) is 0 Å². The summed E-state index contributed by atoms with van der Waals surface area (Å²) in [5.74, 6) is -0.675. The normalized spacial score (nSPS) is 14.1. The standard InChI is InChI=1S/C21H27N3O3/c1-4-27-21(26)18-14(2)19(22-15(18)3)20(25)23-16-8-10-17(11-9-16)24-12-6-5-7-13-24/h8-11,22H,4-7,12-13H2,1-3H3,(H,23,25). The zero-order valence-electron chi connectivity index (χ0n) is 16.2. The van der Waals surface area contributed by atoms with Crippen molar-refractivity contribution in [3.63, 3.8) is 0 Å². The van der Waals surface area contributed by atoms with E-state index in [1.54, 1.807) is 20.8 Å². The lowest BCUT2D eigenvalue weighted by atomic mass is 10.1. The van der Waals surface area contributed by atoms with Crippen molar-refractivity contribution >= 4 is 23.3 Å². The Kier molecular flexibility index (Phi) is 5.84. The molecule has 144 valence electrons. The fourth-order valence-corrected chi connectivity index (χ4v) is 3.59. The van der Waals surface area contributed by atoms with Gasteiger partial charge in [-0.25, -0.2) is 4.79 Å². The Morgan fingerprint density at radius 2 is 1.78 bits per heavy atom. The van der Waals surface area contributed by atoms with Crippen LogP contribution >= 0.6 is 0 Å². The van der Waals surface area contributed by atoms with Gasteiger partial charge in [-0.05, 0) is 69.9 Å². The first kappa shape index (κ1) is 19.0. The molecule has 2 aromatic rings. The summed E-state index contributed by atoms with van der Waals surface area (Å²) >= 11 is 0. The highest BCUT2D eigenvalue weighted by molar-refractivity contribution is 6.06. The van der Waals surface area contributed by atoms with Crippen molar-refractivity contribution < 1.29 is 14.3 Å². The summed E-state index contributed by atoms with van der Waals surface area (Å²) < 4.78 is 5.08. The highest BCUT2D eigenvalue weighted by Gasteiger charge is 2.23. The molecule has 6 nitrogen and oxygen atoms in total. The molecule has 0 saturated carbocycles. The first-order chi connectivity index (χ1) is 13.0. The van der Waals surface area contributed by atoms with E-state index < -0.39 is 5.97 Å². The highest BCUT2D eigenvalue weighted by Crippen LogP contribution is 2.23. The van der Waals surface area contributed by atoms with Gasteiger partial charge in [0, 0.05) is 30.2 Å². The predicted molar refractivity (Wildman–Crippen MR) is 107 cm³/mol. The lowest BCUT2D eigenvalue weighted by molar-refractivity contribution is 0.0525.